The first-order chi connectivity index (χ1) is 13.6. The fraction of sp³-hybridized carbons (Fsp3) is 0.500. The van der Waals surface area contributed by atoms with E-state index in [0.29, 0.717) is 0 Å². The molecule has 3 rings (SSSR count). The van der Waals surface area contributed by atoms with Crippen molar-refractivity contribution in [3.8, 4) is 11.5 Å². The largest absolute Gasteiger partial charge is 0.497 e. The molecular formula is C20H29N5O2S. The number of benzene rings is 1. The van der Waals surface area contributed by atoms with Crippen molar-refractivity contribution in [3.63, 3.8) is 0 Å². The highest BCUT2D eigenvalue weighted by atomic mass is 32.1. The van der Waals surface area contributed by atoms with Crippen LogP contribution in [0.4, 0.5) is 0 Å². The van der Waals surface area contributed by atoms with Crippen molar-refractivity contribution in [2.45, 2.75) is 20.0 Å². The van der Waals surface area contributed by atoms with Crippen LogP contribution in [-0.2, 0) is 13.1 Å². The zero-order valence-corrected chi connectivity index (χ0v) is 17.9. The van der Waals surface area contributed by atoms with E-state index >= 15 is 0 Å². The van der Waals surface area contributed by atoms with E-state index in [1.807, 2.05) is 31.6 Å². The van der Waals surface area contributed by atoms with Crippen LogP contribution < -0.4 is 14.8 Å². The number of methoxy groups -OCH3 is 2. The Morgan fingerprint density at radius 2 is 2.00 bits per heavy atom. The van der Waals surface area contributed by atoms with Crippen LogP contribution in [0.25, 0.3) is 0 Å². The molecule has 1 aliphatic heterocycles. The Morgan fingerprint density at radius 3 is 2.61 bits per heavy atom. The van der Waals surface area contributed by atoms with Gasteiger partial charge in [0.05, 0.1) is 32.0 Å². The smallest absolute Gasteiger partial charge is 0.194 e. The van der Waals surface area contributed by atoms with Crippen LogP contribution in [0, 0.1) is 6.92 Å². The molecule has 1 N–H and O–H groups in total. The first kappa shape index (κ1) is 20.4. The van der Waals surface area contributed by atoms with Gasteiger partial charge in [-0.15, -0.1) is 11.3 Å². The van der Waals surface area contributed by atoms with Crippen molar-refractivity contribution in [2.24, 2.45) is 4.99 Å². The first-order valence-electron chi connectivity index (χ1n) is 9.42. The van der Waals surface area contributed by atoms with Gasteiger partial charge in [-0.2, -0.15) is 0 Å². The third kappa shape index (κ3) is 4.94. The second-order valence-electron chi connectivity index (χ2n) is 6.70. The lowest BCUT2D eigenvalue weighted by Gasteiger charge is -2.36. The molecule has 28 heavy (non-hydrogen) atoms. The monoisotopic (exact) mass is 403 g/mol. The van der Waals surface area contributed by atoms with E-state index in [0.717, 1.165) is 68.0 Å². The summed E-state index contributed by atoms with van der Waals surface area (Å²) in [6, 6.07) is 5.96. The predicted octanol–water partition coefficient (Wildman–Crippen LogP) is 2.36. The molecule has 1 aliphatic rings. The van der Waals surface area contributed by atoms with E-state index in [1.165, 1.54) is 4.88 Å². The number of nitrogens with zero attached hydrogens (tertiary/aromatic N) is 4. The molecule has 152 valence electrons. The second-order valence-corrected chi connectivity index (χ2v) is 7.64. The van der Waals surface area contributed by atoms with Crippen molar-refractivity contribution in [2.75, 3.05) is 47.4 Å². The van der Waals surface area contributed by atoms with E-state index in [1.54, 1.807) is 25.6 Å². The molecule has 1 saturated heterocycles. The molecule has 0 amide bonds. The average molecular weight is 404 g/mol. The van der Waals surface area contributed by atoms with Crippen LogP contribution in [0.3, 0.4) is 0 Å². The third-order valence-corrected chi connectivity index (χ3v) is 5.95. The number of guanidine groups is 1. The molecule has 0 bridgehead atoms. The summed E-state index contributed by atoms with van der Waals surface area (Å²) in [6.07, 6.45) is 0. The van der Waals surface area contributed by atoms with Crippen LogP contribution in [0.5, 0.6) is 11.5 Å². The Labute approximate surface area is 171 Å². The highest BCUT2D eigenvalue weighted by Crippen LogP contribution is 2.25. The summed E-state index contributed by atoms with van der Waals surface area (Å²) >= 11 is 1.68. The maximum Gasteiger partial charge on any atom is 0.194 e. The van der Waals surface area contributed by atoms with Gasteiger partial charge in [0, 0.05) is 50.2 Å². The van der Waals surface area contributed by atoms with Crippen molar-refractivity contribution in [1.29, 1.82) is 0 Å². The fourth-order valence-corrected chi connectivity index (χ4v) is 4.07. The van der Waals surface area contributed by atoms with E-state index in [2.05, 4.69) is 31.2 Å². The first-order valence-corrected chi connectivity index (χ1v) is 10.3. The Morgan fingerprint density at radius 1 is 1.21 bits per heavy atom. The average Bonchev–Trinajstić information content (AvgIpc) is 3.14. The Kier molecular flexibility index (Phi) is 7.11. The number of nitrogens with one attached hydrogen (secondary N) is 1. The molecule has 1 aromatic heterocycles. The summed E-state index contributed by atoms with van der Waals surface area (Å²) < 4.78 is 10.9. The molecule has 0 radical (unpaired) electrons. The number of aromatic nitrogens is 1. The summed E-state index contributed by atoms with van der Waals surface area (Å²) in [5.41, 5.74) is 4.13. The number of hydrogen-bond donors (Lipinski definition) is 1. The zero-order valence-electron chi connectivity index (χ0n) is 17.1. The molecule has 2 heterocycles. The minimum Gasteiger partial charge on any atom is -0.497 e. The van der Waals surface area contributed by atoms with Gasteiger partial charge in [0.15, 0.2) is 5.96 Å². The van der Waals surface area contributed by atoms with Crippen LogP contribution in [-0.4, -0.2) is 68.2 Å². The number of rotatable bonds is 6. The number of aryl methyl sites for hydroxylation is 1. The Hall–Kier alpha value is -2.32. The van der Waals surface area contributed by atoms with Crippen molar-refractivity contribution < 1.29 is 9.47 Å². The molecule has 0 spiro atoms. The summed E-state index contributed by atoms with van der Waals surface area (Å²) in [7, 11) is 5.25. The van der Waals surface area contributed by atoms with E-state index < -0.39 is 0 Å². The van der Waals surface area contributed by atoms with Gasteiger partial charge in [-0.3, -0.25) is 9.89 Å². The Bertz CT molecular complexity index is 800. The van der Waals surface area contributed by atoms with Gasteiger partial charge in [0.1, 0.15) is 11.5 Å². The summed E-state index contributed by atoms with van der Waals surface area (Å²) in [5, 5.41) is 3.47. The number of aliphatic imine (C=N–C) groups is 1. The van der Waals surface area contributed by atoms with Crippen molar-refractivity contribution >= 4 is 17.3 Å². The number of hydrogen-bond acceptors (Lipinski definition) is 6. The van der Waals surface area contributed by atoms with E-state index in [4.69, 9.17) is 9.47 Å². The minimum atomic E-state index is 0.768. The minimum absolute atomic E-state index is 0.768. The maximum atomic E-state index is 5.51. The predicted molar refractivity (Wildman–Crippen MR) is 113 cm³/mol. The van der Waals surface area contributed by atoms with Gasteiger partial charge in [0.25, 0.3) is 0 Å². The lowest BCUT2D eigenvalue weighted by atomic mass is 10.1. The van der Waals surface area contributed by atoms with Crippen molar-refractivity contribution in [3.05, 3.63) is 39.8 Å². The van der Waals surface area contributed by atoms with Gasteiger partial charge in [-0.1, -0.05) is 0 Å². The summed E-state index contributed by atoms with van der Waals surface area (Å²) in [6.45, 7) is 7.48. The topological polar surface area (TPSA) is 62.2 Å². The molecule has 7 nitrogen and oxygen atoms in total. The number of thiazole rings is 1. The van der Waals surface area contributed by atoms with Crippen molar-refractivity contribution in [1.82, 2.24) is 20.1 Å². The van der Waals surface area contributed by atoms with Gasteiger partial charge in [0.2, 0.25) is 0 Å². The molecule has 0 aliphatic carbocycles. The number of piperazine rings is 1. The number of ether oxygens (including phenoxy) is 2. The molecule has 0 atom stereocenters. The van der Waals surface area contributed by atoms with Crippen LogP contribution in [0.15, 0.2) is 28.7 Å². The molecule has 8 heteroatoms. The zero-order chi connectivity index (χ0) is 19.9. The standard InChI is InChI=1S/C20H29N5O2S/c1-15-19(28-14-23-15)12-22-20(21-2)25-9-7-24(8-10-25)13-16-11-17(26-3)5-6-18(16)27-4/h5-6,11,14H,7-10,12-13H2,1-4H3,(H,21,22). The molecule has 0 unspecified atom stereocenters. The fourth-order valence-electron chi connectivity index (χ4n) is 3.35. The normalized spacial score (nSPS) is 15.6. The summed E-state index contributed by atoms with van der Waals surface area (Å²) in [5.74, 6) is 2.71. The van der Waals surface area contributed by atoms with Gasteiger partial charge >= 0.3 is 0 Å². The van der Waals surface area contributed by atoms with E-state index in [-0.39, 0.29) is 0 Å². The third-order valence-electron chi connectivity index (χ3n) is 5.02. The maximum absolute atomic E-state index is 5.51. The highest BCUT2D eigenvalue weighted by Gasteiger charge is 2.21. The van der Waals surface area contributed by atoms with Crippen LogP contribution in [0.2, 0.25) is 0 Å². The van der Waals surface area contributed by atoms with Crippen LogP contribution >= 0.6 is 11.3 Å². The lowest BCUT2D eigenvalue weighted by molar-refractivity contribution is 0.171. The molecule has 1 aromatic carbocycles. The molecule has 0 saturated carbocycles. The quantitative estimate of drug-likeness (QED) is 0.590. The van der Waals surface area contributed by atoms with Gasteiger partial charge in [-0.05, 0) is 25.1 Å². The SMILES string of the molecule is CN=C(NCc1scnc1C)N1CCN(Cc2cc(OC)ccc2OC)CC1. The highest BCUT2D eigenvalue weighted by molar-refractivity contribution is 7.09. The van der Waals surface area contributed by atoms with Gasteiger partial charge in [-0.25, -0.2) is 4.98 Å². The molecule has 2 aromatic rings. The molecular weight excluding hydrogens is 374 g/mol. The summed E-state index contributed by atoms with van der Waals surface area (Å²) in [4.78, 5) is 14.8. The second kappa shape index (κ2) is 9.75. The van der Waals surface area contributed by atoms with E-state index in [9.17, 15) is 0 Å². The lowest BCUT2D eigenvalue weighted by Crippen LogP contribution is -2.52. The molecule has 1 fully saturated rings. The van der Waals surface area contributed by atoms with Gasteiger partial charge < -0.3 is 19.7 Å². The van der Waals surface area contributed by atoms with Crippen LogP contribution in [0.1, 0.15) is 16.1 Å². The Balaban J connectivity index is 1.54.